The average molecular weight is 301 g/mol. The molecule has 1 aromatic carbocycles. The third kappa shape index (κ3) is 5.58. The van der Waals surface area contributed by atoms with E-state index in [9.17, 15) is 13.2 Å². The summed E-state index contributed by atoms with van der Waals surface area (Å²) in [5.41, 5.74) is 1.25. The minimum Gasteiger partial charge on any atom is -0.469 e. The van der Waals surface area contributed by atoms with Crippen molar-refractivity contribution in [2.24, 2.45) is 0 Å². The smallest absolute Gasteiger partial charge is 0.305 e. The predicted octanol–water partition coefficient (Wildman–Crippen LogP) is 1.53. The molecular weight excluding hydrogens is 282 g/mol. The van der Waals surface area contributed by atoms with Gasteiger partial charge in [0.25, 0.3) is 0 Å². The molecule has 0 radical (unpaired) electrons. The summed E-state index contributed by atoms with van der Waals surface area (Å²) in [6, 6.07) is 7.01. The highest BCUT2D eigenvalue weighted by atomic mass is 32.2. The van der Waals surface area contributed by atoms with Crippen molar-refractivity contribution in [2.45, 2.75) is 19.4 Å². The molecule has 0 spiro atoms. The molecule has 0 bridgehead atoms. The Bertz CT molecular complexity index is 541. The van der Waals surface area contributed by atoms with Gasteiger partial charge in [-0.25, -0.2) is 8.42 Å². The second-order valence-corrected chi connectivity index (χ2v) is 6.03. The molecule has 0 saturated carbocycles. The topological polar surface area (TPSA) is 81.7 Å². The minimum atomic E-state index is -3.49. The molecule has 0 aromatic heterocycles. The van der Waals surface area contributed by atoms with Crippen molar-refractivity contribution in [1.29, 1.82) is 0 Å². The van der Waals surface area contributed by atoms with Crippen molar-refractivity contribution >= 4 is 21.7 Å². The number of sulfonamides is 1. The molecule has 0 aliphatic heterocycles. The van der Waals surface area contributed by atoms with Gasteiger partial charge < -0.3 is 9.47 Å². The van der Waals surface area contributed by atoms with Crippen LogP contribution in [0.15, 0.2) is 24.3 Å². The summed E-state index contributed by atoms with van der Waals surface area (Å²) in [6.45, 7) is 0.320. The second-order valence-electron chi connectivity index (χ2n) is 4.19. The number of carbonyl (C=O) groups is 1. The maximum absolute atomic E-state index is 11.9. The SMILES string of the molecule is COCc1ccccc1NS(=O)(=O)CCCC(=O)OC. The van der Waals surface area contributed by atoms with Gasteiger partial charge >= 0.3 is 5.97 Å². The molecule has 0 amide bonds. The molecule has 0 fully saturated rings. The number of esters is 1. The third-order valence-electron chi connectivity index (χ3n) is 2.60. The maximum atomic E-state index is 11.9. The highest BCUT2D eigenvalue weighted by Gasteiger charge is 2.13. The van der Waals surface area contributed by atoms with Crippen LogP contribution >= 0.6 is 0 Å². The van der Waals surface area contributed by atoms with Crippen LogP contribution in [-0.2, 0) is 30.9 Å². The van der Waals surface area contributed by atoms with Gasteiger partial charge in [-0.3, -0.25) is 9.52 Å². The Balaban J connectivity index is 2.64. The van der Waals surface area contributed by atoms with E-state index < -0.39 is 16.0 Å². The van der Waals surface area contributed by atoms with Crippen LogP contribution in [0.2, 0.25) is 0 Å². The van der Waals surface area contributed by atoms with E-state index in [4.69, 9.17) is 4.74 Å². The van der Waals surface area contributed by atoms with Crippen LogP contribution in [0.1, 0.15) is 18.4 Å². The quantitative estimate of drug-likeness (QED) is 0.736. The Labute approximate surface area is 119 Å². The number of rotatable bonds is 8. The first-order valence-corrected chi connectivity index (χ1v) is 7.78. The zero-order valence-corrected chi connectivity index (χ0v) is 12.4. The zero-order valence-electron chi connectivity index (χ0n) is 11.6. The van der Waals surface area contributed by atoms with Crippen LogP contribution in [0.3, 0.4) is 0 Å². The van der Waals surface area contributed by atoms with Crippen molar-refractivity contribution < 1.29 is 22.7 Å². The van der Waals surface area contributed by atoms with E-state index in [2.05, 4.69) is 9.46 Å². The van der Waals surface area contributed by atoms with Crippen LogP contribution in [-0.4, -0.2) is 34.4 Å². The van der Waals surface area contributed by atoms with Crippen LogP contribution in [0, 0.1) is 0 Å². The van der Waals surface area contributed by atoms with Crippen molar-refractivity contribution in [3.05, 3.63) is 29.8 Å². The Morgan fingerprint density at radius 3 is 2.60 bits per heavy atom. The predicted molar refractivity (Wildman–Crippen MR) is 75.8 cm³/mol. The summed E-state index contributed by atoms with van der Waals surface area (Å²) >= 11 is 0. The molecule has 1 aromatic rings. The lowest BCUT2D eigenvalue weighted by atomic mass is 10.2. The summed E-state index contributed by atoms with van der Waals surface area (Å²) in [5.74, 6) is -0.552. The standard InChI is InChI=1S/C13H19NO5S/c1-18-10-11-6-3-4-7-12(11)14-20(16,17)9-5-8-13(15)19-2/h3-4,6-7,14H,5,8-10H2,1-2H3. The van der Waals surface area contributed by atoms with E-state index in [1.54, 1.807) is 25.3 Å². The fraction of sp³-hybridized carbons (Fsp3) is 0.462. The second kappa shape index (κ2) is 7.86. The van der Waals surface area contributed by atoms with E-state index in [0.717, 1.165) is 5.56 Å². The minimum absolute atomic E-state index is 0.0805. The Hall–Kier alpha value is -1.60. The van der Waals surface area contributed by atoms with Crippen molar-refractivity contribution in [3.63, 3.8) is 0 Å². The maximum Gasteiger partial charge on any atom is 0.305 e. The molecule has 20 heavy (non-hydrogen) atoms. The van der Waals surface area contributed by atoms with Crippen LogP contribution in [0.5, 0.6) is 0 Å². The highest BCUT2D eigenvalue weighted by Crippen LogP contribution is 2.17. The first-order chi connectivity index (χ1) is 9.48. The number of benzene rings is 1. The lowest BCUT2D eigenvalue weighted by molar-refractivity contribution is -0.140. The molecule has 0 heterocycles. The molecule has 0 atom stereocenters. The van der Waals surface area contributed by atoms with E-state index in [1.165, 1.54) is 7.11 Å². The Kier molecular flexibility index (Phi) is 6.47. The molecule has 1 rings (SSSR count). The van der Waals surface area contributed by atoms with Gasteiger partial charge in [-0.05, 0) is 12.5 Å². The summed E-state index contributed by atoms with van der Waals surface area (Å²) in [6.07, 6.45) is 0.297. The first kappa shape index (κ1) is 16.5. The van der Waals surface area contributed by atoms with Gasteiger partial charge in [0.05, 0.1) is 25.2 Å². The number of ether oxygens (including phenoxy) is 2. The lowest BCUT2D eigenvalue weighted by Crippen LogP contribution is -2.18. The van der Waals surface area contributed by atoms with Crippen LogP contribution in [0.4, 0.5) is 5.69 Å². The molecule has 1 N–H and O–H groups in total. The lowest BCUT2D eigenvalue weighted by Gasteiger charge is -2.11. The van der Waals surface area contributed by atoms with Gasteiger partial charge in [-0.15, -0.1) is 0 Å². The summed E-state index contributed by atoms with van der Waals surface area (Å²) in [4.78, 5) is 10.9. The molecule has 112 valence electrons. The Morgan fingerprint density at radius 2 is 1.95 bits per heavy atom. The largest absolute Gasteiger partial charge is 0.469 e. The molecule has 7 heteroatoms. The van der Waals surface area contributed by atoms with Gasteiger partial charge in [0.1, 0.15) is 0 Å². The summed E-state index contributed by atoms with van der Waals surface area (Å²) < 4.78 is 35.8. The van der Waals surface area contributed by atoms with Crippen molar-refractivity contribution in [3.8, 4) is 0 Å². The number of para-hydroxylation sites is 1. The number of carbonyl (C=O) groups excluding carboxylic acids is 1. The first-order valence-electron chi connectivity index (χ1n) is 6.12. The van der Waals surface area contributed by atoms with Crippen molar-refractivity contribution in [1.82, 2.24) is 0 Å². The zero-order chi connectivity index (χ0) is 15.0. The van der Waals surface area contributed by atoms with Gasteiger partial charge in [0.2, 0.25) is 10.0 Å². The average Bonchev–Trinajstić information content (AvgIpc) is 2.40. The van der Waals surface area contributed by atoms with Gasteiger partial charge in [0, 0.05) is 19.1 Å². The summed E-state index contributed by atoms with van der Waals surface area (Å²) in [7, 11) is -0.675. The van der Waals surface area contributed by atoms with Crippen LogP contribution < -0.4 is 4.72 Å². The number of methoxy groups -OCH3 is 2. The Morgan fingerprint density at radius 1 is 1.25 bits per heavy atom. The molecular formula is C13H19NO5S. The molecule has 0 aliphatic carbocycles. The number of nitrogens with one attached hydrogen (secondary N) is 1. The summed E-state index contributed by atoms with van der Waals surface area (Å²) in [5, 5.41) is 0. The fourth-order valence-corrected chi connectivity index (χ4v) is 2.79. The normalized spacial score (nSPS) is 11.1. The van der Waals surface area contributed by atoms with E-state index in [1.807, 2.05) is 6.07 Å². The molecule has 0 unspecified atom stereocenters. The number of anilines is 1. The van der Waals surface area contributed by atoms with Crippen LogP contribution in [0.25, 0.3) is 0 Å². The van der Waals surface area contributed by atoms with E-state index in [0.29, 0.717) is 12.3 Å². The number of hydrogen-bond donors (Lipinski definition) is 1. The third-order valence-corrected chi connectivity index (χ3v) is 3.96. The highest BCUT2D eigenvalue weighted by molar-refractivity contribution is 7.92. The molecule has 6 nitrogen and oxygen atoms in total. The van der Waals surface area contributed by atoms with Gasteiger partial charge in [0.15, 0.2) is 0 Å². The monoisotopic (exact) mass is 301 g/mol. The van der Waals surface area contributed by atoms with Crippen molar-refractivity contribution in [2.75, 3.05) is 24.7 Å². The van der Waals surface area contributed by atoms with E-state index in [-0.39, 0.29) is 18.6 Å². The fourth-order valence-electron chi connectivity index (χ4n) is 1.63. The van der Waals surface area contributed by atoms with Gasteiger partial charge in [-0.1, -0.05) is 18.2 Å². The van der Waals surface area contributed by atoms with E-state index >= 15 is 0 Å². The molecule has 0 aliphatic rings. The molecule has 0 saturated heterocycles. The number of hydrogen-bond acceptors (Lipinski definition) is 5. The van der Waals surface area contributed by atoms with Gasteiger partial charge in [-0.2, -0.15) is 0 Å².